The molecule has 0 bridgehead atoms. The molecule has 5 fully saturated rings. The lowest BCUT2D eigenvalue weighted by molar-refractivity contribution is -0.191. The van der Waals surface area contributed by atoms with Gasteiger partial charge in [-0.2, -0.15) is 0 Å². The second-order valence-electron chi connectivity index (χ2n) is 18.7. The molecule has 0 unspecified atom stereocenters. The lowest BCUT2D eigenvalue weighted by Crippen LogP contribution is -2.66. The Morgan fingerprint density at radius 1 is 0.775 bits per heavy atom. The third kappa shape index (κ3) is 3.53. The van der Waals surface area contributed by atoms with Crippen molar-refractivity contribution >= 4 is 12.9 Å². The summed E-state index contributed by atoms with van der Waals surface area (Å²) in [5, 5.41) is -0.0533. The van der Waals surface area contributed by atoms with Crippen molar-refractivity contribution in [3.8, 4) is 0 Å². The summed E-state index contributed by atoms with van der Waals surface area (Å²) in [6.45, 7) is 28.8. The second-order valence-corrected chi connectivity index (χ2v) is 18.7. The van der Waals surface area contributed by atoms with Crippen LogP contribution in [-0.4, -0.2) is 24.1 Å². The van der Waals surface area contributed by atoms with Gasteiger partial charge in [0.05, 0.1) is 11.2 Å². The minimum Gasteiger partial charge on any atom is -0.403 e. The smallest absolute Gasteiger partial charge is 0.403 e. The number of rotatable bonds is 1. The van der Waals surface area contributed by atoms with Crippen LogP contribution in [0.15, 0.2) is 11.6 Å². The van der Waals surface area contributed by atoms with Crippen molar-refractivity contribution in [3.05, 3.63) is 11.6 Å². The molecule has 0 spiro atoms. The molecule has 1 saturated heterocycles. The molecule has 0 aromatic heterocycles. The van der Waals surface area contributed by atoms with Crippen LogP contribution >= 0.6 is 0 Å². The number of hydrogen-bond donors (Lipinski definition) is 0. The summed E-state index contributed by atoms with van der Waals surface area (Å²) in [5.41, 5.74) is 1.60. The molecule has 5 aliphatic carbocycles. The Labute approximate surface area is 246 Å². The van der Waals surface area contributed by atoms with Gasteiger partial charge in [-0.05, 0) is 136 Å². The Kier molecular flexibility index (Phi) is 6.12. The van der Waals surface area contributed by atoms with E-state index < -0.39 is 0 Å². The van der Waals surface area contributed by atoms with E-state index in [0.29, 0.717) is 23.0 Å². The van der Waals surface area contributed by atoms with Crippen LogP contribution in [0.4, 0.5) is 0 Å². The summed E-state index contributed by atoms with van der Waals surface area (Å²) in [4.78, 5) is 14.6. The number of fused-ring (bicyclic) bond motifs is 7. The van der Waals surface area contributed by atoms with Gasteiger partial charge in [-0.15, -0.1) is 0 Å². The number of carbonyl (C=O) groups is 1. The maximum absolute atomic E-state index is 14.6. The SMILES string of the molecule is C[C@H]1CC[C@]2(C)[C@H]3C(=O)C=C4[C@@H]5C[C@](C)(B6OC(C)(C)C(C)(C)O6)CC[C@]5(C)CC[C@@]4(C)[C@]3(C)CC[C@H]2C1(C)C. The van der Waals surface area contributed by atoms with Crippen molar-refractivity contribution < 1.29 is 14.1 Å². The standard InChI is InChI=1S/C36H59BO3/c1-23-13-15-34(10)27(29(23,2)3)14-16-36(12)28(34)26(38)21-24-25-22-33(9,37-39-30(4,5)31(6,7)40-37)19-17-32(25,8)18-20-35(24,36)11/h21,23,25,27-28H,13-20,22H2,1-12H3/t23-,25-,27-,28+,32+,33+,34-,35+,36+/m0/s1. The Bertz CT molecular complexity index is 1120. The average Bonchev–Trinajstić information content (AvgIpc) is 3.06. The maximum Gasteiger partial charge on any atom is 0.464 e. The van der Waals surface area contributed by atoms with Crippen molar-refractivity contribution in [2.75, 3.05) is 0 Å². The number of carbonyl (C=O) groups excluding carboxylic acids is 1. The van der Waals surface area contributed by atoms with Crippen LogP contribution in [0.5, 0.6) is 0 Å². The zero-order chi connectivity index (χ0) is 29.5. The molecule has 224 valence electrons. The zero-order valence-electron chi connectivity index (χ0n) is 28.1. The summed E-state index contributed by atoms with van der Waals surface area (Å²) in [6, 6.07) is 0. The second kappa shape index (κ2) is 8.31. The van der Waals surface area contributed by atoms with Gasteiger partial charge in [0.15, 0.2) is 5.78 Å². The highest BCUT2D eigenvalue weighted by molar-refractivity contribution is 6.49. The Morgan fingerprint density at radius 3 is 2.00 bits per heavy atom. The normalized spacial score (nSPS) is 52.6. The van der Waals surface area contributed by atoms with E-state index in [-0.39, 0.29) is 51.2 Å². The van der Waals surface area contributed by atoms with Crippen molar-refractivity contribution in [1.82, 2.24) is 0 Å². The van der Waals surface area contributed by atoms with Gasteiger partial charge in [0, 0.05) is 11.2 Å². The van der Waals surface area contributed by atoms with Crippen LogP contribution in [0.2, 0.25) is 5.31 Å². The van der Waals surface area contributed by atoms with Crippen LogP contribution < -0.4 is 0 Å². The number of hydrogen-bond acceptors (Lipinski definition) is 3. The largest absolute Gasteiger partial charge is 0.464 e. The molecule has 1 aliphatic heterocycles. The topological polar surface area (TPSA) is 35.5 Å². The first-order chi connectivity index (χ1) is 18.2. The molecule has 0 aromatic rings. The van der Waals surface area contributed by atoms with Crippen molar-refractivity contribution in [1.29, 1.82) is 0 Å². The van der Waals surface area contributed by atoms with Gasteiger partial charge < -0.3 is 9.31 Å². The van der Waals surface area contributed by atoms with E-state index in [9.17, 15) is 4.79 Å². The Balaban J connectivity index is 1.40. The van der Waals surface area contributed by atoms with Crippen LogP contribution in [0, 0.1) is 50.7 Å². The van der Waals surface area contributed by atoms with Gasteiger partial charge >= 0.3 is 7.12 Å². The fraction of sp³-hybridized carbons (Fsp3) is 0.917. The minimum absolute atomic E-state index is 0.0234. The first-order valence-electron chi connectivity index (χ1n) is 16.8. The predicted octanol–water partition coefficient (Wildman–Crippen LogP) is 9.45. The van der Waals surface area contributed by atoms with E-state index in [4.69, 9.17) is 9.31 Å². The van der Waals surface area contributed by atoms with Gasteiger partial charge in [0.2, 0.25) is 0 Å². The average molecular weight is 551 g/mol. The fourth-order valence-corrected chi connectivity index (χ4v) is 11.7. The summed E-state index contributed by atoms with van der Waals surface area (Å²) < 4.78 is 13.4. The molecule has 3 nitrogen and oxygen atoms in total. The first kappa shape index (κ1) is 29.5. The summed E-state index contributed by atoms with van der Waals surface area (Å²) >= 11 is 0. The lowest BCUT2D eigenvalue weighted by Gasteiger charge is -2.70. The van der Waals surface area contributed by atoms with Crippen molar-refractivity contribution in [2.45, 2.75) is 157 Å². The molecule has 1 heterocycles. The Morgan fingerprint density at radius 2 is 1.38 bits per heavy atom. The molecule has 0 amide bonds. The van der Waals surface area contributed by atoms with E-state index >= 15 is 0 Å². The van der Waals surface area contributed by atoms with E-state index in [1.807, 2.05) is 0 Å². The first-order valence-corrected chi connectivity index (χ1v) is 16.8. The van der Waals surface area contributed by atoms with E-state index in [1.54, 1.807) is 0 Å². The summed E-state index contributed by atoms with van der Waals surface area (Å²) in [5.74, 6) is 2.36. The third-order valence-electron chi connectivity index (χ3n) is 16.0. The molecule has 0 aromatic carbocycles. The molecule has 40 heavy (non-hydrogen) atoms. The molecule has 0 radical (unpaired) electrons. The van der Waals surface area contributed by atoms with Crippen LogP contribution in [0.1, 0.15) is 141 Å². The summed E-state index contributed by atoms with van der Waals surface area (Å²) in [6.07, 6.45) is 13.0. The molecule has 0 N–H and O–H groups in total. The van der Waals surface area contributed by atoms with Crippen LogP contribution in [-0.2, 0) is 14.1 Å². The summed E-state index contributed by atoms with van der Waals surface area (Å²) in [7, 11) is -0.195. The molecular weight excluding hydrogens is 491 g/mol. The van der Waals surface area contributed by atoms with Crippen LogP contribution in [0.3, 0.4) is 0 Å². The lowest BCUT2D eigenvalue weighted by atomic mass is 9.32. The predicted molar refractivity (Wildman–Crippen MR) is 165 cm³/mol. The number of allylic oxidation sites excluding steroid dienone is 2. The van der Waals surface area contributed by atoms with Crippen LogP contribution in [0.25, 0.3) is 0 Å². The highest BCUT2D eigenvalue weighted by Crippen LogP contribution is 2.76. The molecule has 6 rings (SSSR count). The highest BCUT2D eigenvalue weighted by Gasteiger charge is 2.70. The minimum atomic E-state index is -0.317. The zero-order valence-corrected chi connectivity index (χ0v) is 28.1. The molecular formula is C36H59BO3. The quantitative estimate of drug-likeness (QED) is 0.305. The Hall–Kier alpha value is -0.605. The highest BCUT2D eigenvalue weighted by atomic mass is 16.7. The number of ketones is 1. The van der Waals surface area contributed by atoms with Crippen molar-refractivity contribution in [3.63, 3.8) is 0 Å². The third-order valence-corrected chi connectivity index (χ3v) is 16.0. The fourth-order valence-electron chi connectivity index (χ4n) is 11.7. The molecule has 6 aliphatic rings. The van der Waals surface area contributed by atoms with E-state index in [1.165, 1.54) is 50.5 Å². The van der Waals surface area contributed by atoms with E-state index in [0.717, 1.165) is 18.8 Å². The van der Waals surface area contributed by atoms with Gasteiger partial charge in [-0.3, -0.25) is 4.79 Å². The maximum atomic E-state index is 14.6. The molecule has 9 atom stereocenters. The monoisotopic (exact) mass is 550 g/mol. The van der Waals surface area contributed by atoms with Gasteiger partial charge in [0.25, 0.3) is 0 Å². The van der Waals surface area contributed by atoms with Crippen molar-refractivity contribution in [2.24, 2.45) is 50.7 Å². The van der Waals surface area contributed by atoms with E-state index in [2.05, 4.69) is 89.2 Å². The molecule has 4 heteroatoms. The van der Waals surface area contributed by atoms with Gasteiger partial charge in [-0.1, -0.05) is 61.0 Å². The molecule has 4 saturated carbocycles. The van der Waals surface area contributed by atoms with Gasteiger partial charge in [0.1, 0.15) is 0 Å². The van der Waals surface area contributed by atoms with Gasteiger partial charge in [-0.25, -0.2) is 0 Å².